The van der Waals surface area contributed by atoms with Gasteiger partial charge in [-0.05, 0) is 36.1 Å². The number of hydrazone groups is 1. The quantitative estimate of drug-likeness (QED) is 0.741. The van der Waals surface area contributed by atoms with E-state index >= 15 is 0 Å². The van der Waals surface area contributed by atoms with Gasteiger partial charge in [0.2, 0.25) is 5.72 Å². The van der Waals surface area contributed by atoms with E-state index in [1.165, 1.54) is 4.88 Å². The maximum atomic E-state index is 10.2. The van der Waals surface area contributed by atoms with E-state index in [2.05, 4.69) is 11.4 Å². The van der Waals surface area contributed by atoms with E-state index < -0.39 is 5.72 Å². The van der Waals surface area contributed by atoms with Crippen molar-refractivity contribution >= 4 is 28.6 Å². The normalized spacial score (nSPS) is 27.4. The molecule has 1 spiro atoms. The number of ether oxygens (including phenoxy) is 1. The van der Waals surface area contributed by atoms with Crippen molar-refractivity contribution in [3.05, 3.63) is 63.0 Å². The fraction of sp³-hybridized carbons (Fsp3) is 0.316. The second-order valence-corrected chi connectivity index (χ2v) is 8.09. The summed E-state index contributed by atoms with van der Waals surface area (Å²) in [6.07, 6.45) is 5.02. The van der Waals surface area contributed by atoms with Crippen molar-refractivity contribution in [1.82, 2.24) is 5.01 Å². The van der Waals surface area contributed by atoms with E-state index in [0.29, 0.717) is 17.2 Å². The van der Waals surface area contributed by atoms with Crippen molar-refractivity contribution in [2.24, 2.45) is 5.10 Å². The average Bonchev–Trinajstić information content (AvgIpc) is 3.25. The zero-order valence-electron chi connectivity index (χ0n) is 13.5. The number of nitrogens with zero attached hydrogens (tertiary/aromatic N) is 2. The molecule has 5 rings (SSSR count). The minimum Gasteiger partial charge on any atom is -0.512 e. The number of aliphatic hydroxyl groups excluding tert-OH is 1. The molecule has 0 saturated heterocycles. The van der Waals surface area contributed by atoms with Gasteiger partial charge < -0.3 is 9.84 Å². The van der Waals surface area contributed by atoms with E-state index in [4.69, 9.17) is 21.4 Å². The lowest BCUT2D eigenvalue weighted by molar-refractivity contribution is -0.0944. The summed E-state index contributed by atoms with van der Waals surface area (Å²) in [5, 5.41) is 19.9. The molecule has 2 atom stereocenters. The molecule has 0 saturated carbocycles. The smallest absolute Gasteiger partial charge is 0.220 e. The number of halogens is 1. The third-order valence-electron chi connectivity index (χ3n) is 5.08. The summed E-state index contributed by atoms with van der Waals surface area (Å²) in [4.78, 5) is 1.18. The number of allylic oxidation sites excluding steroid dienone is 1. The molecular formula is C19H17ClN2O2S. The second kappa shape index (κ2) is 5.51. The van der Waals surface area contributed by atoms with Crippen LogP contribution < -0.4 is 4.74 Å². The lowest BCUT2D eigenvalue weighted by Gasteiger charge is -2.47. The Hall–Kier alpha value is -1.98. The average molecular weight is 373 g/mol. The Morgan fingerprint density at radius 1 is 1.36 bits per heavy atom. The Balaban J connectivity index is 1.66. The van der Waals surface area contributed by atoms with Gasteiger partial charge in [0.1, 0.15) is 5.75 Å². The van der Waals surface area contributed by atoms with Crippen molar-refractivity contribution in [2.45, 2.75) is 37.5 Å². The summed E-state index contributed by atoms with van der Waals surface area (Å²) in [5.41, 5.74) is 1.41. The van der Waals surface area contributed by atoms with Crippen LogP contribution in [0.5, 0.6) is 5.75 Å². The molecule has 1 aromatic carbocycles. The van der Waals surface area contributed by atoms with Gasteiger partial charge in [0, 0.05) is 35.9 Å². The van der Waals surface area contributed by atoms with Gasteiger partial charge in [-0.3, -0.25) is 0 Å². The van der Waals surface area contributed by atoms with E-state index in [1.54, 1.807) is 11.3 Å². The van der Waals surface area contributed by atoms with Crippen molar-refractivity contribution in [2.75, 3.05) is 0 Å². The van der Waals surface area contributed by atoms with Crippen LogP contribution in [-0.2, 0) is 0 Å². The van der Waals surface area contributed by atoms with Crippen LogP contribution >= 0.6 is 22.9 Å². The van der Waals surface area contributed by atoms with Crippen LogP contribution in [0.15, 0.2) is 52.6 Å². The van der Waals surface area contributed by atoms with E-state index in [9.17, 15) is 5.11 Å². The highest BCUT2D eigenvalue weighted by Crippen LogP contribution is 2.50. The highest BCUT2D eigenvalue weighted by molar-refractivity contribution is 7.12. The van der Waals surface area contributed by atoms with Crippen molar-refractivity contribution < 1.29 is 9.84 Å². The summed E-state index contributed by atoms with van der Waals surface area (Å²) in [5.74, 6) is 1.21. The molecule has 25 heavy (non-hydrogen) atoms. The number of benzene rings is 1. The maximum Gasteiger partial charge on any atom is 0.220 e. The summed E-state index contributed by atoms with van der Waals surface area (Å²) < 4.78 is 6.39. The van der Waals surface area contributed by atoms with Crippen molar-refractivity contribution in [3.8, 4) is 5.75 Å². The number of hydrogen-bond donors (Lipinski definition) is 1. The summed E-state index contributed by atoms with van der Waals surface area (Å²) in [6, 6.07) is 9.97. The van der Waals surface area contributed by atoms with Gasteiger partial charge in [-0.15, -0.1) is 11.3 Å². The highest BCUT2D eigenvalue weighted by atomic mass is 35.5. The molecule has 3 aliphatic rings. The van der Waals surface area contributed by atoms with E-state index in [-0.39, 0.29) is 6.04 Å². The molecule has 0 fully saturated rings. The van der Waals surface area contributed by atoms with Crippen LogP contribution in [0.4, 0.5) is 0 Å². The maximum absolute atomic E-state index is 10.2. The van der Waals surface area contributed by atoms with Gasteiger partial charge in [0.15, 0.2) is 0 Å². The second-order valence-electron chi connectivity index (χ2n) is 6.71. The third kappa shape index (κ3) is 2.37. The molecule has 0 amide bonds. The number of fused-ring (bicyclic) bond motifs is 4. The standard InChI is InChI=1S/C19H17ClN2O2S/c20-12-5-6-17-14(9-12)16-10-15(18-4-2-8-25-18)21-22(16)19(24-17)7-1-3-13(23)11-19/h2,4-6,8-9,11,16,23H,1,3,7,10H2. The largest absolute Gasteiger partial charge is 0.512 e. The zero-order chi connectivity index (χ0) is 17.0. The minimum absolute atomic E-state index is 0.0710. The molecule has 3 heterocycles. The third-order valence-corrected chi connectivity index (χ3v) is 6.24. The van der Waals surface area contributed by atoms with Crippen molar-refractivity contribution in [1.29, 1.82) is 0 Å². The predicted octanol–water partition coefficient (Wildman–Crippen LogP) is 5.27. The molecule has 0 radical (unpaired) electrons. The van der Waals surface area contributed by atoms with Gasteiger partial charge in [-0.25, -0.2) is 5.01 Å². The first-order chi connectivity index (χ1) is 12.1. The summed E-state index contributed by atoms with van der Waals surface area (Å²) in [7, 11) is 0. The Morgan fingerprint density at radius 3 is 3.08 bits per heavy atom. The molecule has 1 aliphatic carbocycles. The number of rotatable bonds is 1. The van der Waals surface area contributed by atoms with E-state index in [1.807, 2.05) is 35.4 Å². The molecule has 1 aromatic heterocycles. The lowest BCUT2D eigenvalue weighted by Crippen LogP contribution is -2.53. The number of hydrogen-bond acceptors (Lipinski definition) is 5. The SMILES string of the molecule is OC1=CC2(CCC1)Oc1ccc(Cl)cc1C1CC(c3cccs3)=NN12. The van der Waals surface area contributed by atoms with Crippen LogP contribution in [0.25, 0.3) is 0 Å². The van der Waals surface area contributed by atoms with Gasteiger partial charge >= 0.3 is 0 Å². The summed E-state index contributed by atoms with van der Waals surface area (Å²) >= 11 is 7.94. The lowest BCUT2D eigenvalue weighted by atomic mass is 9.90. The van der Waals surface area contributed by atoms with Crippen LogP contribution in [0.2, 0.25) is 5.02 Å². The first-order valence-corrected chi connectivity index (χ1v) is 9.70. The topological polar surface area (TPSA) is 45.1 Å². The Labute approximate surface area is 155 Å². The van der Waals surface area contributed by atoms with Gasteiger partial charge in [0.05, 0.1) is 22.4 Å². The van der Waals surface area contributed by atoms with E-state index in [0.717, 1.165) is 36.3 Å². The molecule has 4 nitrogen and oxygen atoms in total. The monoisotopic (exact) mass is 372 g/mol. The summed E-state index contributed by atoms with van der Waals surface area (Å²) in [6.45, 7) is 0. The Morgan fingerprint density at radius 2 is 2.28 bits per heavy atom. The zero-order valence-corrected chi connectivity index (χ0v) is 15.1. The molecule has 2 aliphatic heterocycles. The first-order valence-electron chi connectivity index (χ1n) is 8.44. The van der Waals surface area contributed by atoms with Gasteiger partial charge in [-0.2, -0.15) is 5.10 Å². The molecule has 1 N–H and O–H groups in total. The number of aliphatic hydroxyl groups is 1. The van der Waals surface area contributed by atoms with Gasteiger partial charge in [-0.1, -0.05) is 17.7 Å². The predicted molar refractivity (Wildman–Crippen MR) is 99.4 cm³/mol. The first kappa shape index (κ1) is 15.3. The Kier molecular flexibility index (Phi) is 3.37. The molecule has 2 aromatic rings. The van der Waals surface area contributed by atoms with Crippen molar-refractivity contribution in [3.63, 3.8) is 0 Å². The van der Waals surface area contributed by atoms with Crippen LogP contribution in [0.1, 0.15) is 42.2 Å². The minimum atomic E-state index is -0.715. The molecule has 128 valence electrons. The fourth-order valence-corrected chi connectivity index (χ4v) is 4.89. The van der Waals surface area contributed by atoms with Crippen LogP contribution in [-0.4, -0.2) is 21.6 Å². The molecule has 0 bridgehead atoms. The van der Waals surface area contributed by atoms with Crippen LogP contribution in [0.3, 0.4) is 0 Å². The highest BCUT2D eigenvalue weighted by Gasteiger charge is 2.50. The molecule has 6 heteroatoms. The Bertz CT molecular complexity index is 893. The molecule has 2 unspecified atom stereocenters. The fourth-order valence-electron chi connectivity index (χ4n) is 3.99. The van der Waals surface area contributed by atoms with Crippen LogP contribution in [0, 0.1) is 0 Å². The van der Waals surface area contributed by atoms with Gasteiger partial charge in [0.25, 0.3) is 0 Å². The molecular weight excluding hydrogens is 356 g/mol. The number of thiophene rings is 1.